The average Bonchev–Trinajstić information content (AvgIpc) is 3.20. The van der Waals surface area contributed by atoms with Crippen molar-refractivity contribution in [3.63, 3.8) is 0 Å². The summed E-state index contributed by atoms with van der Waals surface area (Å²) in [7, 11) is 1.73. The molecule has 1 amide bonds. The number of nitrogens with zero attached hydrogens (tertiary/aromatic N) is 1. The Morgan fingerprint density at radius 2 is 2.04 bits per heavy atom. The Labute approximate surface area is 142 Å². The Bertz CT molecular complexity index is 937. The number of ether oxygens (including phenoxy) is 2. The summed E-state index contributed by atoms with van der Waals surface area (Å²) in [5.41, 5.74) is 0.947. The number of hydrogen-bond donors (Lipinski definition) is 0. The molecule has 0 aliphatic carbocycles. The predicted molar refractivity (Wildman–Crippen MR) is 90.1 cm³/mol. The lowest BCUT2D eigenvalue weighted by Gasteiger charge is -2.16. The lowest BCUT2D eigenvalue weighted by molar-refractivity contribution is 0.0790. The van der Waals surface area contributed by atoms with Gasteiger partial charge in [-0.25, -0.2) is 4.39 Å². The lowest BCUT2D eigenvalue weighted by atomic mass is 10.2. The van der Waals surface area contributed by atoms with Crippen molar-refractivity contribution >= 4 is 27.3 Å². The first-order chi connectivity index (χ1) is 11.6. The summed E-state index contributed by atoms with van der Waals surface area (Å²) in [5.74, 6) is 0.972. The Kier molecular flexibility index (Phi) is 3.61. The molecule has 0 bridgehead atoms. The third kappa shape index (κ3) is 2.59. The number of halogens is 1. The van der Waals surface area contributed by atoms with Gasteiger partial charge < -0.3 is 14.4 Å². The Balaban J connectivity index is 1.55. The monoisotopic (exact) mass is 343 g/mol. The van der Waals surface area contributed by atoms with Crippen molar-refractivity contribution in [2.45, 2.75) is 6.54 Å². The molecule has 0 saturated heterocycles. The van der Waals surface area contributed by atoms with Crippen molar-refractivity contribution in [3.8, 4) is 11.5 Å². The number of rotatable bonds is 3. The van der Waals surface area contributed by atoms with Crippen molar-refractivity contribution < 1.29 is 18.7 Å². The minimum Gasteiger partial charge on any atom is -0.454 e. The second kappa shape index (κ2) is 5.79. The second-order valence-electron chi connectivity index (χ2n) is 5.61. The molecule has 0 fully saturated rings. The molecule has 3 aromatic rings. The fourth-order valence-corrected chi connectivity index (χ4v) is 3.77. The molecule has 2 aromatic carbocycles. The maximum absolute atomic E-state index is 13.8. The summed E-state index contributed by atoms with van der Waals surface area (Å²) in [5, 5.41) is 0.488. The smallest absolute Gasteiger partial charge is 0.264 e. The topological polar surface area (TPSA) is 38.8 Å². The normalized spacial score (nSPS) is 12.6. The van der Waals surface area contributed by atoms with Crippen LogP contribution in [0, 0.1) is 5.82 Å². The van der Waals surface area contributed by atoms with Crippen LogP contribution in [0.4, 0.5) is 4.39 Å². The van der Waals surface area contributed by atoms with Gasteiger partial charge in [0.2, 0.25) is 6.79 Å². The highest BCUT2D eigenvalue weighted by atomic mass is 32.1. The zero-order valence-corrected chi connectivity index (χ0v) is 13.7. The van der Waals surface area contributed by atoms with E-state index in [9.17, 15) is 9.18 Å². The molecule has 6 heteroatoms. The van der Waals surface area contributed by atoms with Gasteiger partial charge in [0.1, 0.15) is 5.82 Å². The number of benzene rings is 2. The summed E-state index contributed by atoms with van der Waals surface area (Å²) >= 11 is 1.30. The first-order valence-corrected chi connectivity index (χ1v) is 8.25. The van der Waals surface area contributed by atoms with Gasteiger partial charge in [-0.15, -0.1) is 11.3 Å². The molecular weight excluding hydrogens is 329 g/mol. The highest BCUT2D eigenvalue weighted by molar-refractivity contribution is 7.20. The summed E-state index contributed by atoms with van der Waals surface area (Å²) in [6, 6.07) is 12.1. The highest BCUT2D eigenvalue weighted by Crippen LogP contribution is 2.33. The Morgan fingerprint density at radius 1 is 1.21 bits per heavy atom. The van der Waals surface area contributed by atoms with Gasteiger partial charge in [0.15, 0.2) is 11.5 Å². The van der Waals surface area contributed by atoms with Gasteiger partial charge in [-0.05, 0) is 35.9 Å². The largest absolute Gasteiger partial charge is 0.454 e. The summed E-state index contributed by atoms with van der Waals surface area (Å²) in [4.78, 5) is 14.8. The van der Waals surface area contributed by atoms with Crippen LogP contribution in [-0.4, -0.2) is 24.6 Å². The van der Waals surface area contributed by atoms with E-state index in [-0.39, 0.29) is 18.5 Å². The van der Waals surface area contributed by atoms with Gasteiger partial charge in [-0.1, -0.05) is 12.1 Å². The van der Waals surface area contributed by atoms with E-state index < -0.39 is 0 Å². The van der Waals surface area contributed by atoms with E-state index >= 15 is 0 Å². The fourth-order valence-electron chi connectivity index (χ4n) is 2.70. The quantitative estimate of drug-likeness (QED) is 0.720. The Hall–Kier alpha value is -2.60. The standard InChI is InChI=1S/C18H14FNO3S/c1-20(9-11-5-6-14-15(7-11)23-10-22-14)18(21)17-8-12-13(19)3-2-4-16(12)24-17/h2-8H,9-10H2,1H3. The average molecular weight is 343 g/mol. The molecule has 0 atom stereocenters. The molecule has 0 radical (unpaired) electrons. The first-order valence-electron chi connectivity index (χ1n) is 7.44. The van der Waals surface area contributed by atoms with Crippen molar-refractivity contribution in [1.82, 2.24) is 4.90 Å². The molecule has 4 rings (SSSR count). The minimum absolute atomic E-state index is 0.131. The zero-order valence-electron chi connectivity index (χ0n) is 12.9. The van der Waals surface area contributed by atoms with Crippen molar-refractivity contribution in [2.24, 2.45) is 0 Å². The Morgan fingerprint density at radius 3 is 2.88 bits per heavy atom. The predicted octanol–water partition coefficient (Wildman–Crippen LogP) is 4.04. The maximum Gasteiger partial charge on any atom is 0.264 e. The number of amides is 1. The van der Waals surface area contributed by atoms with E-state index in [2.05, 4.69) is 0 Å². The van der Waals surface area contributed by atoms with Gasteiger partial charge in [-0.3, -0.25) is 4.79 Å². The van der Waals surface area contributed by atoms with Gasteiger partial charge >= 0.3 is 0 Å². The number of carbonyl (C=O) groups is 1. The van der Waals surface area contributed by atoms with Crippen LogP contribution in [-0.2, 0) is 6.54 Å². The van der Waals surface area contributed by atoms with E-state index in [1.54, 1.807) is 24.1 Å². The van der Waals surface area contributed by atoms with Crippen LogP contribution in [0.15, 0.2) is 42.5 Å². The van der Waals surface area contributed by atoms with E-state index in [4.69, 9.17) is 9.47 Å². The molecule has 24 heavy (non-hydrogen) atoms. The van der Waals surface area contributed by atoms with Crippen LogP contribution in [0.25, 0.3) is 10.1 Å². The fraction of sp³-hybridized carbons (Fsp3) is 0.167. The molecule has 1 aliphatic rings. The molecule has 0 N–H and O–H groups in total. The zero-order chi connectivity index (χ0) is 16.7. The van der Waals surface area contributed by atoms with Crippen molar-refractivity contribution in [3.05, 3.63) is 58.7 Å². The molecule has 0 spiro atoms. The molecule has 0 saturated carbocycles. The van der Waals surface area contributed by atoms with Crippen LogP contribution >= 0.6 is 11.3 Å². The maximum atomic E-state index is 13.8. The number of fused-ring (bicyclic) bond motifs is 2. The summed E-state index contributed by atoms with van der Waals surface area (Å²) in [6.07, 6.45) is 0. The van der Waals surface area contributed by atoms with Crippen LogP contribution in [0.1, 0.15) is 15.2 Å². The first kappa shape index (κ1) is 15.0. The van der Waals surface area contributed by atoms with Gasteiger partial charge in [0.05, 0.1) is 4.88 Å². The molecular formula is C18H14FNO3S. The highest BCUT2D eigenvalue weighted by Gasteiger charge is 2.18. The second-order valence-corrected chi connectivity index (χ2v) is 6.69. The van der Waals surface area contributed by atoms with Crippen molar-refractivity contribution in [1.29, 1.82) is 0 Å². The number of carbonyl (C=O) groups excluding carboxylic acids is 1. The minimum atomic E-state index is -0.304. The van der Waals surface area contributed by atoms with E-state index in [1.165, 1.54) is 17.4 Å². The van der Waals surface area contributed by atoms with Gasteiger partial charge in [0, 0.05) is 23.7 Å². The molecule has 4 nitrogen and oxygen atoms in total. The van der Waals surface area contributed by atoms with Crippen LogP contribution in [0.5, 0.6) is 11.5 Å². The molecule has 122 valence electrons. The van der Waals surface area contributed by atoms with E-state index in [0.29, 0.717) is 28.3 Å². The third-order valence-electron chi connectivity index (χ3n) is 3.92. The molecule has 1 aliphatic heterocycles. The third-order valence-corrected chi connectivity index (χ3v) is 5.01. The van der Waals surface area contributed by atoms with Crippen LogP contribution in [0.2, 0.25) is 0 Å². The van der Waals surface area contributed by atoms with E-state index in [0.717, 1.165) is 10.3 Å². The van der Waals surface area contributed by atoms with Crippen LogP contribution < -0.4 is 9.47 Å². The van der Waals surface area contributed by atoms with Gasteiger partial charge in [0.25, 0.3) is 5.91 Å². The molecule has 1 aromatic heterocycles. The SMILES string of the molecule is CN(Cc1ccc2c(c1)OCO2)C(=O)c1cc2c(F)cccc2s1. The number of hydrogen-bond acceptors (Lipinski definition) is 4. The summed E-state index contributed by atoms with van der Waals surface area (Å²) in [6.45, 7) is 0.660. The molecule has 0 unspecified atom stereocenters. The lowest BCUT2D eigenvalue weighted by Crippen LogP contribution is -2.25. The van der Waals surface area contributed by atoms with Crippen molar-refractivity contribution in [2.75, 3.05) is 13.8 Å². The number of thiophene rings is 1. The van der Waals surface area contributed by atoms with E-state index in [1.807, 2.05) is 24.3 Å². The summed E-state index contributed by atoms with van der Waals surface area (Å²) < 4.78 is 25.2. The van der Waals surface area contributed by atoms with Gasteiger partial charge in [-0.2, -0.15) is 0 Å². The van der Waals surface area contributed by atoms with Crippen LogP contribution in [0.3, 0.4) is 0 Å². The molecule has 2 heterocycles.